The Balaban J connectivity index is 2.27. The number of carbonyl (C=O) groups is 1. The number of hydrogen-bond acceptors (Lipinski definition) is 4. The summed E-state index contributed by atoms with van der Waals surface area (Å²) in [6.07, 6.45) is 7.82. The molecule has 0 saturated heterocycles. The molecule has 0 saturated carbocycles. The van der Waals surface area contributed by atoms with Crippen molar-refractivity contribution in [1.82, 2.24) is 0 Å². The topological polar surface area (TPSA) is 56.5 Å². The second kappa shape index (κ2) is 6.02. The molecule has 0 spiro atoms. The first-order valence-corrected chi connectivity index (χ1v) is 6.86. The molecule has 0 N–H and O–H groups in total. The molecule has 2 rings (SSSR count). The van der Waals surface area contributed by atoms with Gasteiger partial charge in [-0.05, 0) is 13.3 Å². The van der Waals surface area contributed by atoms with Crippen molar-refractivity contribution in [1.29, 1.82) is 0 Å². The van der Waals surface area contributed by atoms with E-state index in [2.05, 4.69) is 15.9 Å². The average Bonchev–Trinajstić information content (AvgIpc) is 2.39. The van der Waals surface area contributed by atoms with Crippen LogP contribution in [0.2, 0.25) is 0 Å². The molecule has 4 nitrogen and oxygen atoms in total. The summed E-state index contributed by atoms with van der Waals surface area (Å²) in [7, 11) is 0. The zero-order valence-electron chi connectivity index (χ0n) is 10.4. The van der Waals surface area contributed by atoms with Crippen LogP contribution in [0.5, 0.6) is 0 Å². The van der Waals surface area contributed by atoms with Gasteiger partial charge in [0.1, 0.15) is 17.6 Å². The van der Waals surface area contributed by atoms with Gasteiger partial charge in [-0.25, -0.2) is 4.79 Å². The average molecular weight is 325 g/mol. The fourth-order valence-electron chi connectivity index (χ4n) is 1.70. The number of alkyl halides is 1. The normalized spacial score (nSPS) is 18.0. The van der Waals surface area contributed by atoms with E-state index in [0.29, 0.717) is 10.6 Å². The molecule has 1 aliphatic carbocycles. The molecule has 0 amide bonds. The highest BCUT2D eigenvalue weighted by molar-refractivity contribution is 9.09. The Hall–Kier alpha value is -1.62. The van der Waals surface area contributed by atoms with Crippen LogP contribution in [0, 0.1) is 0 Å². The molecule has 1 aromatic rings. The monoisotopic (exact) mass is 324 g/mol. The van der Waals surface area contributed by atoms with E-state index in [1.54, 1.807) is 6.92 Å². The molecule has 1 unspecified atom stereocenters. The van der Waals surface area contributed by atoms with Gasteiger partial charge in [0.15, 0.2) is 5.43 Å². The van der Waals surface area contributed by atoms with Crippen molar-refractivity contribution in [3.8, 4) is 0 Å². The molecule has 1 heterocycles. The number of esters is 1. The Morgan fingerprint density at radius 1 is 1.58 bits per heavy atom. The molecule has 19 heavy (non-hydrogen) atoms. The van der Waals surface area contributed by atoms with Crippen LogP contribution in [0.4, 0.5) is 0 Å². The maximum atomic E-state index is 11.8. The minimum Gasteiger partial charge on any atom is -0.463 e. The lowest BCUT2D eigenvalue weighted by atomic mass is 10.0. The maximum Gasteiger partial charge on any atom is 0.345 e. The van der Waals surface area contributed by atoms with Gasteiger partial charge >= 0.3 is 5.97 Å². The van der Waals surface area contributed by atoms with Crippen LogP contribution in [0.1, 0.15) is 29.5 Å². The van der Waals surface area contributed by atoms with Crippen LogP contribution in [0.15, 0.2) is 39.8 Å². The molecule has 100 valence electrons. The van der Waals surface area contributed by atoms with E-state index in [0.717, 1.165) is 18.3 Å². The molecule has 0 aromatic carbocycles. The number of rotatable bonds is 3. The molecule has 1 atom stereocenters. The lowest BCUT2D eigenvalue weighted by Gasteiger charge is -2.10. The van der Waals surface area contributed by atoms with Crippen molar-refractivity contribution in [2.45, 2.75) is 18.2 Å². The van der Waals surface area contributed by atoms with Gasteiger partial charge in [-0.3, -0.25) is 4.79 Å². The first-order chi connectivity index (χ1) is 9.11. The van der Waals surface area contributed by atoms with Gasteiger partial charge in [0.2, 0.25) is 0 Å². The Kier molecular flexibility index (Phi) is 4.37. The van der Waals surface area contributed by atoms with Gasteiger partial charge in [-0.15, -0.1) is 0 Å². The predicted octanol–water partition coefficient (Wildman–Crippen LogP) is 2.92. The second-order valence-electron chi connectivity index (χ2n) is 4.01. The summed E-state index contributed by atoms with van der Waals surface area (Å²) >= 11 is 3.47. The van der Waals surface area contributed by atoms with E-state index < -0.39 is 11.4 Å². The highest BCUT2D eigenvalue weighted by Crippen LogP contribution is 2.23. The van der Waals surface area contributed by atoms with E-state index in [-0.39, 0.29) is 12.2 Å². The van der Waals surface area contributed by atoms with Crippen molar-refractivity contribution < 1.29 is 13.9 Å². The molecular weight excluding hydrogens is 312 g/mol. The van der Waals surface area contributed by atoms with Crippen molar-refractivity contribution in [2.75, 3.05) is 6.61 Å². The standard InChI is InChI=1S/C14H13BrO4/c1-2-18-14(17)11-8-19-13(7-12(11)16)9-3-5-10(15)6-4-9/h3-5,7-8,10H,2,6H2,1H3. The van der Waals surface area contributed by atoms with Crippen molar-refractivity contribution in [3.63, 3.8) is 0 Å². The number of hydrogen-bond donors (Lipinski definition) is 0. The van der Waals surface area contributed by atoms with E-state index in [1.807, 2.05) is 18.2 Å². The number of carbonyl (C=O) groups excluding carboxylic acids is 1. The van der Waals surface area contributed by atoms with Crippen LogP contribution in [0.3, 0.4) is 0 Å². The summed E-state index contributed by atoms with van der Waals surface area (Å²) in [6.45, 7) is 1.91. The van der Waals surface area contributed by atoms with Gasteiger partial charge < -0.3 is 9.15 Å². The lowest BCUT2D eigenvalue weighted by Crippen LogP contribution is -2.16. The Bertz CT molecular complexity index is 598. The Morgan fingerprint density at radius 2 is 2.37 bits per heavy atom. The van der Waals surface area contributed by atoms with Gasteiger partial charge in [-0.2, -0.15) is 0 Å². The Morgan fingerprint density at radius 3 is 2.95 bits per heavy atom. The third kappa shape index (κ3) is 3.23. The highest BCUT2D eigenvalue weighted by atomic mass is 79.9. The molecule has 0 aliphatic heterocycles. The number of halogens is 1. The second-order valence-corrected chi connectivity index (χ2v) is 5.19. The molecule has 0 radical (unpaired) electrons. The van der Waals surface area contributed by atoms with E-state index >= 15 is 0 Å². The SMILES string of the molecule is CCOC(=O)c1coc(C2=CCC(Br)C=C2)cc1=O. The first kappa shape index (κ1) is 13.8. The zero-order valence-corrected chi connectivity index (χ0v) is 12.0. The molecule has 0 bridgehead atoms. The van der Waals surface area contributed by atoms with Crippen LogP contribution >= 0.6 is 15.9 Å². The van der Waals surface area contributed by atoms with Crippen LogP contribution in [0.25, 0.3) is 5.57 Å². The summed E-state index contributed by atoms with van der Waals surface area (Å²) in [6, 6.07) is 1.32. The van der Waals surface area contributed by atoms with Crippen molar-refractivity contribution in [3.05, 3.63) is 52.1 Å². The van der Waals surface area contributed by atoms with E-state index in [9.17, 15) is 9.59 Å². The van der Waals surface area contributed by atoms with Crippen molar-refractivity contribution >= 4 is 27.5 Å². The summed E-state index contributed by atoms with van der Waals surface area (Å²) in [5, 5.41) is 0. The lowest BCUT2D eigenvalue weighted by molar-refractivity contribution is 0.0522. The number of allylic oxidation sites excluding steroid dienone is 4. The van der Waals surface area contributed by atoms with E-state index in [1.165, 1.54) is 6.07 Å². The Labute approximate surface area is 118 Å². The largest absolute Gasteiger partial charge is 0.463 e. The molecular formula is C14H13BrO4. The number of ether oxygens (including phenoxy) is 1. The van der Waals surface area contributed by atoms with Gasteiger partial charge in [0.05, 0.1) is 6.61 Å². The minimum absolute atomic E-state index is 0.0793. The van der Waals surface area contributed by atoms with Gasteiger partial charge in [0, 0.05) is 16.5 Å². The first-order valence-electron chi connectivity index (χ1n) is 5.94. The van der Waals surface area contributed by atoms with Gasteiger partial charge in [-0.1, -0.05) is 34.2 Å². The summed E-state index contributed by atoms with van der Waals surface area (Å²) < 4.78 is 10.1. The highest BCUT2D eigenvalue weighted by Gasteiger charge is 2.15. The predicted molar refractivity (Wildman–Crippen MR) is 75.4 cm³/mol. The molecule has 5 heteroatoms. The quantitative estimate of drug-likeness (QED) is 0.633. The van der Waals surface area contributed by atoms with Crippen LogP contribution in [-0.2, 0) is 4.74 Å². The summed E-state index contributed by atoms with van der Waals surface area (Å²) in [4.78, 5) is 23.6. The smallest absolute Gasteiger partial charge is 0.345 e. The summed E-state index contributed by atoms with van der Waals surface area (Å²) in [5.74, 6) is -0.204. The fourth-order valence-corrected chi connectivity index (χ4v) is 2.04. The zero-order chi connectivity index (χ0) is 13.8. The molecule has 1 aromatic heterocycles. The van der Waals surface area contributed by atoms with Crippen LogP contribution in [-0.4, -0.2) is 17.4 Å². The third-order valence-corrected chi connectivity index (χ3v) is 3.34. The third-order valence-electron chi connectivity index (χ3n) is 2.66. The fraction of sp³-hybridized carbons (Fsp3) is 0.286. The maximum absolute atomic E-state index is 11.8. The van der Waals surface area contributed by atoms with Crippen molar-refractivity contribution in [2.24, 2.45) is 0 Å². The van der Waals surface area contributed by atoms with E-state index in [4.69, 9.17) is 9.15 Å². The summed E-state index contributed by atoms with van der Waals surface area (Å²) in [5.41, 5.74) is 0.363. The minimum atomic E-state index is -0.656. The molecule has 1 aliphatic rings. The van der Waals surface area contributed by atoms with Crippen LogP contribution < -0.4 is 5.43 Å². The van der Waals surface area contributed by atoms with Gasteiger partial charge in [0.25, 0.3) is 0 Å². The molecule has 0 fully saturated rings.